The SMILES string of the molecule is CC(Sc1cccnc1N)C1=C(Cl)CCC(F)=C1Cl. The number of nitrogen functional groups attached to an aromatic ring is 1. The largest absolute Gasteiger partial charge is 0.383 e. The van der Waals surface area contributed by atoms with Crippen LogP contribution in [0.2, 0.25) is 0 Å². The normalized spacial score (nSPS) is 17.9. The molecular formula is C13H13Cl2FN2S. The zero-order valence-corrected chi connectivity index (χ0v) is 12.6. The Bertz CT molecular complexity index is 557. The van der Waals surface area contributed by atoms with Crippen LogP contribution in [0.1, 0.15) is 19.8 Å². The minimum Gasteiger partial charge on any atom is -0.383 e. The van der Waals surface area contributed by atoms with E-state index in [9.17, 15) is 4.39 Å². The maximum absolute atomic E-state index is 13.6. The van der Waals surface area contributed by atoms with Crippen molar-refractivity contribution in [2.75, 3.05) is 5.73 Å². The van der Waals surface area contributed by atoms with Crippen LogP contribution >= 0.6 is 35.0 Å². The van der Waals surface area contributed by atoms with E-state index in [0.29, 0.717) is 22.8 Å². The minimum atomic E-state index is -0.298. The molecule has 2 rings (SSSR count). The highest BCUT2D eigenvalue weighted by Gasteiger charge is 2.25. The summed E-state index contributed by atoms with van der Waals surface area (Å²) >= 11 is 13.7. The van der Waals surface area contributed by atoms with Crippen molar-refractivity contribution in [1.82, 2.24) is 4.98 Å². The van der Waals surface area contributed by atoms with Crippen molar-refractivity contribution in [2.24, 2.45) is 0 Å². The van der Waals surface area contributed by atoms with Gasteiger partial charge in [-0.15, -0.1) is 11.8 Å². The van der Waals surface area contributed by atoms with Crippen LogP contribution in [-0.2, 0) is 0 Å². The van der Waals surface area contributed by atoms with Gasteiger partial charge in [0.1, 0.15) is 11.6 Å². The van der Waals surface area contributed by atoms with Gasteiger partial charge in [0.2, 0.25) is 0 Å². The average molecular weight is 319 g/mol. The molecule has 0 saturated heterocycles. The molecule has 2 nitrogen and oxygen atoms in total. The van der Waals surface area contributed by atoms with Crippen molar-refractivity contribution in [3.63, 3.8) is 0 Å². The highest BCUT2D eigenvalue weighted by atomic mass is 35.5. The fourth-order valence-electron chi connectivity index (χ4n) is 1.88. The van der Waals surface area contributed by atoms with Crippen molar-refractivity contribution < 1.29 is 4.39 Å². The fraction of sp³-hybridized carbons (Fsp3) is 0.308. The lowest BCUT2D eigenvalue weighted by atomic mass is 10.0. The number of thioether (sulfide) groups is 1. The standard InChI is InChI=1S/C13H13Cl2FN2S/c1-7(19-10-3-2-6-18-13(10)17)11-8(14)4-5-9(16)12(11)15/h2-3,6-7H,4-5H2,1H3,(H2,17,18). The molecule has 0 aromatic carbocycles. The second-order valence-electron chi connectivity index (χ2n) is 4.18. The molecule has 0 amide bonds. The number of allylic oxidation sites excluding steroid dienone is 3. The van der Waals surface area contributed by atoms with Gasteiger partial charge in [0.15, 0.2) is 0 Å². The molecule has 1 aliphatic rings. The zero-order valence-electron chi connectivity index (χ0n) is 10.3. The van der Waals surface area contributed by atoms with Crippen molar-refractivity contribution in [1.29, 1.82) is 0 Å². The van der Waals surface area contributed by atoms with Crippen LogP contribution in [0.4, 0.5) is 10.2 Å². The Labute approximate surface area is 125 Å². The highest BCUT2D eigenvalue weighted by molar-refractivity contribution is 8.00. The maximum atomic E-state index is 13.6. The van der Waals surface area contributed by atoms with Gasteiger partial charge in [-0.3, -0.25) is 0 Å². The molecule has 6 heteroatoms. The lowest BCUT2D eigenvalue weighted by Gasteiger charge is -2.21. The molecule has 0 bridgehead atoms. The second-order valence-corrected chi connectivity index (χ2v) is 6.40. The van der Waals surface area contributed by atoms with E-state index in [4.69, 9.17) is 28.9 Å². The Morgan fingerprint density at radius 3 is 2.84 bits per heavy atom. The van der Waals surface area contributed by atoms with Crippen LogP contribution < -0.4 is 5.73 Å². The van der Waals surface area contributed by atoms with Gasteiger partial charge in [-0.05, 0) is 25.5 Å². The van der Waals surface area contributed by atoms with E-state index in [1.807, 2.05) is 13.0 Å². The Hall–Kier alpha value is -0.710. The third-order valence-corrected chi connectivity index (χ3v) is 4.83. The molecular weight excluding hydrogens is 306 g/mol. The molecule has 0 saturated carbocycles. The van der Waals surface area contributed by atoms with E-state index >= 15 is 0 Å². The first kappa shape index (κ1) is 14.7. The van der Waals surface area contributed by atoms with Gasteiger partial charge >= 0.3 is 0 Å². The van der Waals surface area contributed by atoms with Gasteiger partial charge in [-0.1, -0.05) is 23.2 Å². The first-order valence-electron chi connectivity index (χ1n) is 5.81. The smallest absolute Gasteiger partial charge is 0.137 e. The molecule has 0 spiro atoms. The zero-order chi connectivity index (χ0) is 14.0. The van der Waals surface area contributed by atoms with E-state index in [-0.39, 0.29) is 22.5 Å². The molecule has 0 fully saturated rings. The number of nitrogens with two attached hydrogens (primary N) is 1. The fourth-order valence-corrected chi connectivity index (χ4v) is 3.87. The second kappa shape index (κ2) is 6.16. The Kier molecular flexibility index (Phi) is 4.76. The van der Waals surface area contributed by atoms with Gasteiger partial charge in [-0.2, -0.15) is 0 Å². The number of aromatic nitrogens is 1. The summed E-state index contributed by atoms with van der Waals surface area (Å²) in [5.74, 6) is 0.153. The van der Waals surface area contributed by atoms with Crippen molar-refractivity contribution in [3.8, 4) is 0 Å². The van der Waals surface area contributed by atoms with Crippen LogP contribution in [0.5, 0.6) is 0 Å². The van der Waals surface area contributed by atoms with Crippen LogP contribution in [0, 0.1) is 0 Å². The third kappa shape index (κ3) is 3.25. The minimum absolute atomic E-state index is 0.0856. The Morgan fingerprint density at radius 2 is 2.16 bits per heavy atom. The summed E-state index contributed by atoms with van der Waals surface area (Å²) < 4.78 is 13.6. The molecule has 19 heavy (non-hydrogen) atoms. The summed E-state index contributed by atoms with van der Waals surface area (Å²) in [5, 5.41) is 0.671. The van der Waals surface area contributed by atoms with Gasteiger partial charge in [0.25, 0.3) is 0 Å². The number of rotatable bonds is 3. The number of hydrogen-bond acceptors (Lipinski definition) is 3. The van der Waals surface area contributed by atoms with Gasteiger partial charge in [-0.25, -0.2) is 9.37 Å². The molecule has 2 N–H and O–H groups in total. The van der Waals surface area contributed by atoms with Crippen molar-refractivity contribution >= 4 is 40.8 Å². The van der Waals surface area contributed by atoms with Crippen LogP contribution in [0.3, 0.4) is 0 Å². The number of halogens is 3. The summed E-state index contributed by atoms with van der Waals surface area (Å²) in [4.78, 5) is 4.85. The number of hydrogen-bond donors (Lipinski definition) is 1. The summed E-state index contributed by atoms with van der Waals surface area (Å²) in [7, 11) is 0. The predicted molar refractivity (Wildman–Crippen MR) is 80.1 cm³/mol. The Balaban J connectivity index is 2.25. The lowest BCUT2D eigenvalue weighted by molar-refractivity contribution is 0.578. The van der Waals surface area contributed by atoms with Gasteiger partial charge < -0.3 is 5.73 Å². The van der Waals surface area contributed by atoms with Gasteiger partial charge in [0, 0.05) is 28.5 Å². The summed E-state index contributed by atoms with van der Waals surface area (Å²) in [6, 6.07) is 3.68. The lowest BCUT2D eigenvalue weighted by Crippen LogP contribution is -2.09. The molecule has 0 aliphatic heterocycles. The molecule has 0 radical (unpaired) electrons. The predicted octanol–water partition coefficient (Wildman–Crippen LogP) is 4.85. The first-order chi connectivity index (χ1) is 9.00. The number of pyridine rings is 1. The average Bonchev–Trinajstić information content (AvgIpc) is 2.37. The van der Waals surface area contributed by atoms with E-state index in [0.717, 1.165) is 4.90 Å². The molecule has 102 valence electrons. The molecule has 1 aliphatic carbocycles. The summed E-state index contributed by atoms with van der Waals surface area (Å²) in [6.45, 7) is 1.93. The van der Waals surface area contributed by atoms with Gasteiger partial charge in [0.05, 0.1) is 9.93 Å². The molecule has 1 unspecified atom stereocenters. The highest BCUT2D eigenvalue weighted by Crippen LogP contribution is 2.42. The number of anilines is 1. The first-order valence-corrected chi connectivity index (χ1v) is 7.44. The molecule has 1 aromatic rings. The topological polar surface area (TPSA) is 38.9 Å². The maximum Gasteiger partial charge on any atom is 0.137 e. The molecule has 1 heterocycles. The molecule has 1 atom stereocenters. The van der Waals surface area contributed by atoms with Crippen molar-refractivity contribution in [3.05, 3.63) is 39.8 Å². The van der Waals surface area contributed by atoms with E-state index in [2.05, 4.69) is 4.98 Å². The summed E-state index contributed by atoms with van der Waals surface area (Å²) in [6.07, 6.45) is 2.39. The van der Waals surface area contributed by atoms with E-state index in [1.54, 1.807) is 12.3 Å². The Morgan fingerprint density at radius 1 is 1.42 bits per heavy atom. The monoisotopic (exact) mass is 318 g/mol. The van der Waals surface area contributed by atoms with E-state index < -0.39 is 0 Å². The van der Waals surface area contributed by atoms with Crippen LogP contribution in [0.25, 0.3) is 0 Å². The van der Waals surface area contributed by atoms with Crippen molar-refractivity contribution in [2.45, 2.75) is 29.9 Å². The third-order valence-electron chi connectivity index (χ3n) is 2.84. The number of nitrogens with zero attached hydrogens (tertiary/aromatic N) is 1. The van der Waals surface area contributed by atoms with E-state index in [1.165, 1.54) is 11.8 Å². The van der Waals surface area contributed by atoms with Crippen LogP contribution in [-0.4, -0.2) is 10.2 Å². The quantitative estimate of drug-likeness (QED) is 0.809. The summed E-state index contributed by atoms with van der Waals surface area (Å²) in [5.41, 5.74) is 6.45. The van der Waals surface area contributed by atoms with Crippen LogP contribution in [0.15, 0.2) is 44.7 Å². The molecule has 1 aromatic heterocycles.